The van der Waals surface area contributed by atoms with Gasteiger partial charge in [-0.1, -0.05) is 54.1 Å². The van der Waals surface area contributed by atoms with Crippen LogP contribution in [0.5, 0.6) is 0 Å². The molecular formula is C21H21ClN4O. The first kappa shape index (κ1) is 18.9. The third-order valence-corrected chi connectivity index (χ3v) is 4.25. The number of rotatable bonds is 8. The van der Waals surface area contributed by atoms with Gasteiger partial charge in [0, 0.05) is 24.3 Å². The molecule has 0 aliphatic heterocycles. The van der Waals surface area contributed by atoms with Crippen molar-refractivity contribution < 1.29 is 4.79 Å². The van der Waals surface area contributed by atoms with E-state index in [2.05, 4.69) is 20.6 Å². The molecule has 6 heteroatoms. The molecule has 2 aromatic carbocycles. The van der Waals surface area contributed by atoms with Gasteiger partial charge in [0.2, 0.25) is 5.95 Å². The highest BCUT2D eigenvalue weighted by molar-refractivity contribution is 6.30. The van der Waals surface area contributed by atoms with Crippen molar-refractivity contribution in [2.75, 3.05) is 18.4 Å². The van der Waals surface area contributed by atoms with E-state index in [-0.39, 0.29) is 5.91 Å². The number of nitrogens with one attached hydrogen (secondary N) is 2. The van der Waals surface area contributed by atoms with Crippen LogP contribution in [0.3, 0.4) is 0 Å². The molecule has 3 rings (SSSR count). The summed E-state index contributed by atoms with van der Waals surface area (Å²) < 4.78 is 0. The molecule has 0 aliphatic carbocycles. The molecule has 138 valence electrons. The lowest BCUT2D eigenvalue weighted by Crippen LogP contribution is -2.27. The van der Waals surface area contributed by atoms with Gasteiger partial charge < -0.3 is 10.6 Å². The third kappa shape index (κ3) is 6.08. The average molecular weight is 381 g/mol. The van der Waals surface area contributed by atoms with Crippen molar-refractivity contribution in [3.63, 3.8) is 0 Å². The third-order valence-electron chi connectivity index (χ3n) is 4.02. The maximum atomic E-state index is 12.3. The van der Waals surface area contributed by atoms with Crippen molar-refractivity contribution in [3.8, 4) is 0 Å². The predicted molar refractivity (Wildman–Crippen MR) is 108 cm³/mol. The van der Waals surface area contributed by atoms with E-state index >= 15 is 0 Å². The highest BCUT2D eigenvalue weighted by Crippen LogP contribution is 2.11. The normalized spacial score (nSPS) is 10.4. The smallest absolute Gasteiger partial charge is 0.270 e. The van der Waals surface area contributed by atoms with Crippen molar-refractivity contribution in [3.05, 3.63) is 88.7 Å². The summed E-state index contributed by atoms with van der Waals surface area (Å²) in [6.45, 7) is 1.21. The van der Waals surface area contributed by atoms with Crippen molar-refractivity contribution in [1.29, 1.82) is 0 Å². The zero-order valence-electron chi connectivity index (χ0n) is 14.9. The van der Waals surface area contributed by atoms with Crippen LogP contribution in [0.1, 0.15) is 21.6 Å². The molecule has 0 saturated carbocycles. The summed E-state index contributed by atoms with van der Waals surface area (Å²) >= 11 is 5.99. The number of amides is 1. The van der Waals surface area contributed by atoms with Crippen LogP contribution in [-0.4, -0.2) is 29.0 Å². The van der Waals surface area contributed by atoms with Crippen LogP contribution in [0.15, 0.2) is 66.9 Å². The summed E-state index contributed by atoms with van der Waals surface area (Å²) in [6, 6.07) is 19.4. The minimum Gasteiger partial charge on any atom is -0.354 e. The number of hydrogen-bond acceptors (Lipinski definition) is 4. The van der Waals surface area contributed by atoms with Gasteiger partial charge in [-0.3, -0.25) is 4.79 Å². The molecule has 0 radical (unpaired) electrons. The summed E-state index contributed by atoms with van der Waals surface area (Å²) in [7, 11) is 0. The van der Waals surface area contributed by atoms with Crippen LogP contribution in [0, 0.1) is 0 Å². The Morgan fingerprint density at radius 1 is 0.926 bits per heavy atom. The lowest BCUT2D eigenvalue weighted by Gasteiger charge is -2.08. The van der Waals surface area contributed by atoms with Crippen LogP contribution in [0.2, 0.25) is 5.02 Å². The lowest BCUT2D eigenvalue weighted by atomic mass is 10.1. The zero-order chi connectivity index (χ0) is 18.9. The lowest BCUT2D eigenvalue weighted by molar-refractivity contribution is 0.0949. The topological polar surface area (TPSA) is 66.9 Å². The standard InChI is InChI=1S/C21H21ClN4O/c22-18-8-4-7-17(15-18)10-13-24-21-25-14-11-19(26-21)20(27)23-12-9-16-5-2-1-3-6-16/h1-8,11,14-15H,9-10,12-13H2,(H,23,27)(H,24,25,26). The molecule has 0 unspecified atom stereocenters. The Hall–Kier alpha value is -2.92. The summed E-state index contributed by atoms with van der Waals surface area (Å²) in [6.07, 6.45) is 3.15. The van der Waals surface area contributed by atoms with E-state index in [0.717, 1.165) is 23.4 Å². The van der Waals surface area contributed by atoms with Gasteiger partial charge in [-0.15, -0.1) is 0 Å². The number of benzene rings is 2. The van der Waals surface area contributed by atoms with Crippen molar-refractivity contribution in [2.45, 2.75) is 12.8 Å². The number of carbonyl (C=O) groups is 1. The Morgan fingerprint density at radius 3 is 2.52 bits per heavy atom. The molecule has 0 fully saturated rings. The molecule has 1 aromatic heterocycles. The predicted octanol–water partition coefficient (Wildman–Crippen LogP) is 3.76. The Labute approximate surface area is 163 Å². The number of aromatic nitrogens is 2. The van der Waals surface area contributed by atoms with Gasteiger partial charge in [-0.05, 0) is 42.2 Å². The van der Waals surface area contributed by atoms with E-state index in [9.17, 15) is 4.79 Å². The maximum absolute atomic E-state index is 12.3. The second kappa shape index (κ2) is 9.69. The molecule has 0 saturated heterocycles. The summed E-state index contributed by atoms with van der Waals surface area (Å²) in [5.41, 5.74) is 2.66. The Morgan fingerprint density at radius 2 is 1.70 bits per heavy atom. The second-order valence-electron chi connectivity index (χ2n) is 6.06. The quantitative estimate of drug-likeness (QED) is 0.624. The van der Waals surface area contributed by atoms with Crippen LogP contribution in [-0.2, 0) is 12.8 Å². The monoisotopic (exact) mass is 380 g/mol. The molecule has 3 aromatic rings. The minimum absolute atomic E-state index is 0.203. The second-order valence-corrected chi connectivity index (χ2v) is 6.50. The van der Waals surface area contributed by atoms with Gasteiger partial charge in [-0.25, -0.2) is 9.97 Å². The van der Waals surface area contributed by atoms with E-state index < -0.39 is 0 Å². The fourth-order valence-electron chi connectivity index (χ4n) is 2.64. The molecule has 0 aliphatic rings. The summed E-state index contributed by atoms with van der Waals surface area (Å²) in [5, 5.41) is 6.76. The van der Waals surface area contributed by atoms with Crippen LogP contribution < -0.4 is 10.6 Å². The maximum Gasteiger partial charge on any atom is 0.270 e. The molecular weight excluding hydrogens is 360 g/mol. The van der Waals surface area contributed by atoms with E-state index in [1.54, 1.807) is 12.3 Å². The number of nitrogens with zero attached hydrogens (tertiary/aromatic N) is 2. The Bertz CT molecular complexity index is 886. The molecule has 0 spiro atoms. The van der Waals surface area contributed by atoms with Crippen LogP contribution >= 0.6 is 11.6 Å². The average Bonchev–Trinajstić information content (AvgIpc) is 2.69. The van der Waals surface area contributed by atoms with Gasteiger partial charge in [0.1, 0.15) is 5.69 Å². The summed E-state index contributed by atoms with van der Waals surface area (Å²) in [4.78, 5) is 20.7. The molecule has 0 atom stereocenters. The molecule has 1 amide bonds. The highest BCUT2D eigenvalue weighted by Gasteiger charge is 2.08. The number of halogens is 1. The first-order valence-corrected chi connectivity index (χ1v) is 9.22. The minimum atomic E-state index is -0.203. The summed E-state index contributed by atoms with van der Waals surface area (Å²) in [5.74, 6) is 0.235. The highest BCUT2D eigenvalue weighted by atomic mass is 35.5. The number of anilines is 1. The fourth-order valence-corrected chi connectivity index (χ4v) is 2.85. The van der Waals surface area contributed by atoms with Crippen molar-refractivity contribution in [1.82, 2.24) is 15.3 Å². The van der Waals surface area contributed by atoms with Crippen LogP contribution in [0.4, 0.5) is 5.95 Å². The first-order chi connectivity index (χ1) is 13.2. The first-order valence-electron chi connectivity index (χ1n) is 8.84. The van der Waals surface area contributed by atoms with Crippen molar-refractivity contribution >= 4 is 23.5 Å². The van der Waals surface area contributed by atoms with Gasteiger partial charge in [-0.2, -0.15) is 0 Å². The van der Waals surface area contributed by atoms with Gasteiger partial charge in [0.25, 0.3) is 5.91 Å². The molecule has 1 heterocycles. The Kier molecular flexibility index (Phi) is 6.77. The van der Waals surface area contributed by atoms with Crippen LogP contribution in [0.25, 0.3) is 0 Å². The Balaban J connectivity index is 1.48. The van der Waals surface area contributed by atoms with E-state index in [0.29, 0.717) is 24.7 Å². The molecule has 0 bridgehead atoms. The SMILES string of the molecule is O=C(NCCc1ccccc1)c1ccnc(NCCc2cccc(Cl)c2)n1. The fraction of sp³-hybridized carbons (Fsp3) is 0.190. The molecule has 2 N–H and O–H groups in total. The van der Waals surface area contributed by atoms with E-state index in [4.69, 9.17) is 11.6 Å². The number of hydrogen-bond donors (Lipinski definition) is 2. The molecule has 27 heavy (non-hydrogen) atoms. The van der Waals surface area contributed by atoms with Crippen molar-refractivity contribution in [2.24, 2.45) is 0 Å². The van der Waals surface area contributed by atoms with Gasteiger partial charge in [0.15, 0.2) is 0 Å². The zero-order valence-corrected chi connectivity index (χ0v) is 15.6. The largest absolute Gasteiger partial charge is 0.354 e. The van der Waals surface area contributed by atoms with Gasteiger partial charge in [0.05, 0.1) is 0 Å². The van der Waals surface area contributed by atoms with E-state index in [1.165, 1.54) is 5.56 Å². The van der Waals surface area contributed by atoms with E-state index in [1.807, 2.05) is 54.6 Å². The van der Waals surface area contributed by atoms with Gasteiger partial charge >= 0.3 is 0 Å². The number of carbonyl (C=O) groups excluding carboxylic acids is 1. The molecule has 5 nitrogen and oxygen atoms in total.